The van der Waals surface area contributed by atoms with E-state index in [1.165, 1.54) is 0 Å². The molecule has 0 spiro atoms. The summed E-state index contributed by atoms with van der Waals surface area (Å²) in [5, 5.41) is 3.37. The van der Waals surface area contributed by atoms with Crippen molar-refractivity contribution in [2.24, 2.45) is 0 Å². The van der Waals surface area contributed by atoms with Gasteiger partial charge in [-0.05, 0) is 25.5 Å². The molecule has 0 unspecified atom stereocenters. The van der Waals surface area contributed by atoms with Crippen LogP contribution in [0.4, 0.5) is 5.69 Å². The lowest BCUT2D eigenvalue weighted by Gasteiger charge is -2.34. The van der Waals surface area contributed by atoms with Gasteiger partial charge >= 0.3 is 0 Å². The maximum atomic E-state index is 12.3. The number of para-hydroxylation sites is 1. The highest BCUT2D eigenvalue weighted by molar-refractivity contribution is 7.91. The Kier molecular flexibility index (Phi) is 4.47. The van der Waals surface area contributed by atoms with Gasteiger partial charge in [0.15, 0.2) is 9.84 Å². The zero-order valence-electron chi connectivity index (χ0n) is 11.6. The van der Waals surface area contributed by atoms with Crippen LogP contribution >= 0.6 is 0 Å². The maximum Gasteiger partial charge on any atom is 0.180 e. The van der Waals surface area contributed by atoms with Gasteiger partial charge in [0.05, 0.1) is 16.3 Å². The minimum absolute atomic E-state index is 0.214. The predicted molar refractivity (Wildman–Crippen MR) is 78.5 cm³/mol. The smallest absolute Gasteiger partial charge is 0.180 e. The van der Waals surface area contributed by atoms with E-state index in [0.29, 0.717) is 17.4 Å². The van der Waals surface area contributed by atoms with E-state index in [2.05, 4.69) is 17.1 Å². The molecule has 0 bridgehead atoms. The summed E-state index contributed by atoms with van der Waals surface area (Å²) in [5.41, 5.74) is 0.851. The number of piperazine rings is 1. The van der Waals surface area contributed by atoms with E-state index < -0.39 is 9.84 Å². The number of rotatable bonds is 4. The Morgan fingerprint density at radius 2 is 2.11 bits per heavy atom. The fourth-order valence-electron chi connectivity index (χ4n) is 2.51. The quantitative estimate of drug-likeness (QED) is 0.912. The molecule has 0 aromatic heterocycles. The number of hydrogen-bond acceptors (Lipinski definition) is 4. The normalized spacial score (nSPS) is 20.5. The van der Waals surface area contributed by atoms with Crippen molar-refractivity contribution in [3.63, 3.8) is 0 Å². The first kappa shape index (κ1) is 14.3. The van der Waals surface area contributed by atoms with E-state index in [1.807, 2.05) is 19.1 Å². The molecule has 0 amide bonds. The second-order valence-electron chi connectivity index (χ2n) is 5.09. The Balaban J connectivity index is 2.36. The van der Waals surface area contributed by atoms with Gasteiger partial charge < -0.3 is 10.2 Å². The molecule has 106 valence electrons. The van der Waals surface area contributed by atoms with Crippen molar-refractivity contribution in [1.29, 1.82) is 0 Å². The number of nitrogens with one attached hydrogen (secondary N) is 1. The average molecular weight is 282 g/mol. The molecule has 1 N–H and O–H groups in total. The molecule has 0 aliphatic carbocycles. The van der Waals surface area contributed by atoms with Gasteiger partial charge in [0.2, 0.25) is 0 Å². The first-order valence-electron chi connectivity index (χ1n) is 6.84. The van der Waals surface area contributed by atoms with Gasteiger partial charge in [-0.3, -0.25) is 0 Å². The molecule has 1 aromatic carbocycles. The van der Waals surface area contributed by atoms with E-state index in [-0.39, 0.29) is 5.75 Å². The molecule has 1 fully saturated rings. The third-order valence-corrected chi connectivity index (χ3v) is 5.34. The molecule has 4 nitrogen and oxygen atoms in total. The summed E-state index contributed by atoms with van der Waals surface area (Å²) < 4.78 is 24.7. The molecule has 1 heterocycles. The Morgan fingerprint density at radius 1 is 1.37 bits per heavy atom. The number of sulfone groups is 1. The SMILES string of the molecule is CCCS(=O)(=O)c1ccccc1N1CCN[C@H](C)C1. The van der Waals surface area contributed by atoms with Gasteiger partial charge in [0.1, 0.15) is 0 Å². The Morgan fingerprint density at radius 3 is 2.79 bits per heavy atom. The lowest BCUT2D eigenvalue weighted by Crippen LogP contribution is -2.49. The molecule has 19 heavy (non-hydrogen) atoms. The zero-order chi connectivity index (χ0) is 13.9. The van der Waals surface area contributed by atoms with Crippen LogP contribution in [0.1, 0.15) is 20.3 Å². The average Bonchev–Trinajstić information content (AvgIpc) is 2.39. The van der Waals surface area contributed by atoms with Crippen LogP contribution in [0.3, 0.4) is 0 Å². The van der Waals surface area contributed by atoms with Crippen LogP contribution in [0.2, 0.25) is 0 Å². The van der Waals surface area contributed by atoms with Crippen molar-refractivity contribution in [3.05, 3.63) is 24.3 Å². The van der Waals surface area contributed by atoms with Crippen LogP contribution in [0.5, 0.6) is 0 Å². The summed E-state index contributed by atoms with van der Waals surface area (Å²) in [6.07, 6.45) is 0.647. The van der Waals surface area contributed by atoms with Gasteiger partial charge in [-0.2, -0.15) is 0 Å². The van der Waals surface area contributed by atoms with Crippen LogP contribution in [0, 0.1) is 0 Å². The molecule has 1 aromatic rings. The van der Waals surface area contributed by atoms with Gasteiger partial charge in [-0.15, -0.1) is 0 Å². The Hall–Kier alpha value is -1.07. The maximum absolute atomic E-state index is 12.3. The molecular weight excluding hydrogens is 260 g/mol. The van der Waals surface area contributed by atoms with E-state index in [1.54, 1.807) is 12.1 Å². The summed E-state index contributed by atoms with van der Waals surface area (Å²) in [5.74, 6) is 0.214. The van der Waals surface area contributed by atoms with Gasteiger partial charge in [0.25, 0.3) is 0 Å². The molecule has 1 atom stereocenters. The van der Waals surface area contributed by atoms with E-state index in [0.717, 1.165) is 25.3 Å². The molecule has 1 aliphatic heterocycles. The monoisotopic (exact) mass is 282 g/mol. The fourth-order valence-corrected chi connectivity index (χ4v) is 4.07. The van der Waals surface area contributed by atoms with Crippen LogP contribution in [-0.4, -0.2) is 39.8 Å². The first-order valence-corrected chi connectivity index (χ1v) is 8.50. The Bertz CT molecular complexity index is 528. The summed E-state index contributed by atoms with van der Waals surface area (Å²) in [6.45, 7) is 6.60. The number of anilines is 1. The Labute approximate surface area is 115 Å². The summed E-state index contributed by atoms with van der Waals surface area (Å²) >= 11 is 0. The number of hydrogen-bond donors (Lipinski definition) is 1. The van der Waals surface area contributed by atoms with Crippen molar-refractivity contribution in [2.75, 3.05) is 30.3 Å². The van der Waals surface area contributed by atoms with Crippen LogP contribution < -0.4 is 10.2 Å². The van der Waals surface area contributed by atoms with Crippen LogP contribution in [0.25, 0.3) is 0 Å². The highest BCUT2D eigenvalue weighted by Gasteiger charge is 2.23. The van der Waals surface area contributed by atoms with Crippen molar-refractivity contribution in [2.45, 2.75) is 31.2 Å². The summed E-state index contributed by atoms with van der Waals surface area (Å²) in [4.78, 5) is 2.65. The molecule has 0 saturated carbocycles. The topological polar surface area (TPSA) is 49.4 Å². The van der Waals surface area contributed by atoms with E-state index in [9.17, 15) is 8.42 Å². The highest BCUT2D eigenvalue weighted by Crippen LogP contribution is 2.27. The largest absolute Gasteiger partial charge is 0.368 e. The van der Waals surface area contributed by atoms with Gasteiger partial charge in [0, 0.05) is 25.7 Å². The minimum Gasteiger partial charge on any atom is -0.368 e. The van der Waals surface area contributed by atoms with Crippen molar-refractivity contribution in [1.82, 2.24) is 5.32 Å². The second-order valence-corrected chi connectivity index (χ2v) is 7.17. The highest BCUT2D eigenvalue weighted by atomic mass is 32.2. The molecule has 2 rings (SSSR count). The molecule has 1 aliphatic rings. The second kappa shape index (κ2) is 5.92. The van der Waals surface area contributed by atoms with Gasteiger partial charge in [-0.25, -0.2) is 8.42 Å². The van der Waals surface area contributed by atoms with Crippen LogP contribution in [-0.2, 0) is 9.84 Å². The van der Waals surface area contributed by atoms with Crippen molar-refractivity contribution >= 4 is 15.5 Å². The third kappa shape index (κ3) is 3.28. The summed E-state index contributed by atoms with van der Waals surface area (Å²) in [7, 11) is -3.17. The van der Waals surface area contributed by atoms with Gasteiger partial charge in [-0.1, -0.05) is 19.1 Å². The third-order valence-electron chi connectivity index (χ3n) is 3.38. The molecular formula is C14H22N2O2S. The molecule has 5 heteroatoms. The number of nitrogens with zero attached hydrogens (tertiary/aromatic N) is 1. The van der Waals surface area contributed by atoms with E-state index >= 15 is 0 Å². The zero-order valence-corrected chi connectivity index (χ0v) is 12.4. The molecule has 0 radical (unpaired) electrons. The first-order chi connectivity index (χ1) is 9.04. The van der Waals surface area contributed by atoms with E-state index in [4.69, 9.17) is 0 Å². The predicted octanol–water partition coefficient (Wildman–Crippen LogP) is 1.67. The molecule has 1 saturated heterocycles. The van der Waals surface area contributed by atoms with Crippen LogP contribution in [0.15, 0.2) is 29.2 Å². The van der Waals surface area contributed by atoms with Crippen molar-refractivity contribution in [3.8, 4) is 0 Å². The lowest BCUT2D eigenvalue weighted by atomic mass is 10.2. The lowest BCUT2D eigenvalue weighted by molar-refractivity contribution is 0.483. The standard InChI is InChI=1S/C14H22N2O2S/c1-3-10-19(17,18)14-7-5-4-6-13(14)16-9-8-15-12(2)11-16/h4-7,12,15H,3,8-11H2,1-2H3/t12-/m1/s1. The summed E-state index contributed by atoms with van der Waals surface area (Å²) in [6, 6.07) is 7.74. The number of benzene rings is 1. The minimum atomic E-state index is -3.17. The van der Waals surface area contributed by atoms with Crippen molar-refractivity contribution < 1.29 is 8.42 Å². The fraction of sp³-hybridized carbons (Fsp3) is 0.571.